The van der Waals surface area contributed by atoms with Crippen molar-refractivity contribution in [2.45, 2.75) is 17.7 Å². The second kappa shape index (κ2) is 7.60. The Hall–Kier alpha value is -1.35. The molecule has 3 N–H and O–H groups in total. The zero-order chi connectivity index (χ0) is 16.0. The van der Waals surface area contributed by atoms with E-state index in [1.54, 1.807) is 0 Å². The Morgan fingerprint density at radius 2 is 2.05 bits per heavy atom. The number of carboxylic acids is 1. The van der Waals surface area contributed by atoms with Crippen LogP contribution < -0.4 is 9.46 Å². The van der Waals surface area contributed by atoms with E-state index in [0.717, 1.165) is 12.1 Å². The van der Waals surface area contributed by atoms with Gasteiger partial charge in [0, 0.05) is 18.2 Å². The number of aliphatic hydroxyl groups is 1. The highest BCUT2D eigenvalue weighted by atomic mass is 35.5. The standard InChI is InChI=1S/C12H16ClNO6S/c1-20-11-9(12(16)17)6-8(13)7-10(11)21(18,19)14-4-2-3-5-15/h6-7,14-15H,2-5H2,1H3,(H,16,17). The quantitative estimate of drug-likeness (QED) is 0.612. The first-order valence-electron chi connectivity index (χ1n) is 6.05. The third-order valence-electron chi connectivity index (χ3n) is 2.62. The highest BCUT2D eigenvalue weighted by Crippen LogP contribution is 2.31. The van der Waals surface area contributed by atoms with E-state index in [4.69, 9.17) is 26.6 Å². The van der Waals surface area contributed by atoms with Gasteiger partial charge in [-0.2, -0.15) is 0 Å². The zero-order valence-electron chi connectivity index (χ0n) is 11.3. The molecular formula is C12H16ClNO6S. The van der Waals surface area contributed by atoms with E-state index in [1.165, 1.54) is 7.11 Å². The van der Waals surface area contributed by atoms with Gasteiger partial charge in [-0.15, -0.1) is 0 Å². The molecule has 0 bridgehead atoms. The summed E-state index contributed by atoms with van der Waals surface area (Å²) in [6.45, 7) is 0.0757. The summed E-state index contributed by atoms with van der Waals surface area (Å²) >= 11 is 5.77. The van der Waals surface area contributed by atoms with E-state index in [9.17, 15) is 13.2 Å². The number of hydrogen-bond donors (Lipinski definition) is 3. The van der Waals surface area contributed by atoms with Gasteiger partial charge >= 0.3 is 5.97 Å². The normalized spacial score (nSPS) is 11.4. The Bertz CT molecular complexity index is 616. The molecule has 21 heavy (non-hydrogen) atoms. The molecule has 0 aliphatic rings. The number of unbranched alkanes of at least 4 members (excludes halogenated alkanes) is 1. The van der Waals surface area contributed by atoms with Crippen LogP contribution >= 0.6 is 11.6 Å². The maximum Gasteiger partial charge on any atom is 0.339 e. The lowest BCUT2D eigenvalue weighted by Crippen LogP contribution is -2.26. The van der Waals surface area contributed by atoms with Crippen LogP contribution in [0.15, 0.2) is 17.0 Å². The van der Waals surface area contributed by atoms with Gasteiger partial charge < -0.3 is 14.9 Å². The first-order chi connectivity index (χ1) is 9.83. The van der Waals surface area contributed by atoms with Crippen molar-refractivity contribution in [3.8, 4) is 5.75 Å². The van der Waals surface area contributed by atoms with Gasteiger partial charge in [-0.3, -0.25) is 0 Å². The van der Waals surface area contributed by atoms with Crippen molar-refractivity contribution >= 4 is 27.6 Å². The van der Waals surface area contributed by atoms with E-state index < -0.39 is 16.0 Å². The molecule has 0 unspecified atom stereocenters. The lowest BCUT2D eigenvalue weighted by atomic mass is 10.2. The second-order valence-electron chi connectivity index (χ2n) is 4.12. The predicted molar refractivity (Wildman–Crippen MR) is 76.5 cm³/mol. The molecule has 0 aliphatic heterocycles. The van der Waals surface area contributed by atoms with E-state index in [1.807, 2.05) is 0 Å². The average molecular weight is 338 g/mol. The maximum atomic E-state index is 12.2. The molecule has 1 aromatic rings. The molecule has 0 fully saturated rings. The van der Waals surface area contributed by atoms with E-state index in [2.05, 4.69) is 4.72 Å². The molecule has 0 aromatic heterocycles. The molecule has 0 amide bonds. The number of methoxy groups -OCH3 is 1. The summed E-state index contributed by atoms with van der Waals surface area (Å²) in [5.41, 5.74) is -0.333. The fourth-order valence-corrected chi connectivity index (χ4v) is 3.23. The van der Waals surface area contributed by atoms with Crippen LogP contribution in [-0.2, 0) is 10.0 Å². The molecule has 0 radical (unpaired) electrons. The minimum absolute atomic E-state index is 0.0241. The number of rotatable bonds is 8. The number of carboxylic acid groups (broad SMARTS) is 1. The van der Waals surface area contributed by atoms with Crippen LogP contribution in [0, 0.1) is 0 Å². The van der Waals surface area contributed by atoms with Crippen LogP contribution in [0.3, 0.4) is 0 Å². The number of aliphatic hydroxyl groups excluding tert-OH is 1. The number of hydrogen-bond acceptors (Lipinski definition) is 5. The molecule has 0 atom stereocenters. The molecule has 0 spiro atoms. The predicted octanol–water partition coefficient (Wildman–Crippen LogP) is 1.10. The minimum Gasteiger partial charge on any atom is -0.494 e. The smallest absolute Gasteiger partial charge is 0.339 e. The van der Waals surface area contributed by atoms with Crippen LogP contribution in [0.5, 0.6) is 5.75 Å². The number of ether oxygens (including phenoxy) is 1. The van der Waals surface area contributed by atoms with Crippen LogP contribution in [-0.4, -0.2) is 44.9 Å². The van der Waals surface area contributed by atoms with Gasteiger partial charge in [0.05, 0.1) is 7.11 Å². The third kappa shape index (κ3) is 4.57. The molecule has 0 aliphatic carbocycles. The minimum atomic E-state index is -3.97. The van der Waals surface area contributed by atoms with E-state index >= 15 is 0 Å². The van der Waals surface area contributed by atoms with Crippen molar-refractivity contribution in [2.75, 3.05) is 20.3 Å². The third-order valence-corrected chi connectivity index (χ3v) is 4.31. The van der Waals surface area contributed by atoms with Gasteiger partial charge in [0.2, 0.25) is 10.0 Å². The molecule has 9 heteroatoms. The Labute approximate surface area is 127 Å². The monoisotopic (exact) mass is 337 g/mol. The van der Waals surface area contributed by atoms with Crippen LogP contribution in [0.4, 0.5) is 0 Å². The number of aromatic carboxylic acids is 1. The van der Waals surface area contributed by atoms with Gasteiger partial charge in [0.1, 0.15) is 10.5 Å². The number of carbonyl (C=O) groups is 1. The largest absolute Gasteiger partial charge is 0.494 e. The molecule has 0 heterocycles. The Morgan fingerprint density at radius 3 is 2.57 bits per heavy atom. The van der Waals surface area contributed by atoms with Crippen molar-refractivity contribution < 1.29 is 28.2 Å². The van der Waals surface area contributed by atoms with Crippen LogP contribution in [0.25, 0.3) is 0 Å². The molecule has 7 nitrogen and oxygen atoms in total. The zero-order valence-corrected chi connectivity index (χ0v) is 12.9. The van der Waals surface area contributed by atoms with Crippen molar-refractivity contribution in [2.24, 2.45) is 0 Å². The molecular weight excluding hydrogens is 322 g/mol. The summed E-state index contributed by atoms with van der Waals surface area (Å²) in [6.07, 6.45) is 0.903. The number of halogens is 1. The van der Waals surface area contributed by atoms with Crippen LogP contribution in [0.2, 0.25) is 5.02 Å². The van der Waals surface area contributed by atoms with Gasteiger partial charge in [-0.1, -0.05) is 11.6 Å². The Kier molecular flexibility index (Phi) is 6.41. The van der Waals surface area contributed by atoms with Crippen LogP contribution in [0.1, 0.15) is 23.2 Å². The first kappa shape index (κ1) is 17.7. The lowest BCUT2D eigenvalue weighted by molar-refractivity contribution is 0.0693. The van der Waals surface area contributed by atoms with Crippen molar-refractivity contribution in [1.82, 2.24) is 4.72 Å². The van der Waals surface area contributed by atoms with Gasteiger partial charge in [0.25, 0.3) is 0 Å². The van der Waals surface area contributed by atoms with E-state index in [-0.39, 0.29) is 34.4 Å². The van der Waals surface area contributed by atoms with Gasteiger partial charge in [-0.25, -0.2) is 17.9 Å². The Morgan fingerprint density at radius 1 is 1.38 bits per heavy atom. The maximum absolute atomic E-state index is 12.2. The van der Waals surface area contributed by atoms with Crippen molar-refractivity contribution in [1.29, 1.82) is 0 Å². The summed E-state index contributed by atoms with van der Waals surface area (Å²) in [5, 5.41) is 17.7. The topological polar surface area (TPSA) is 113 Å². The fraction of sp³-hybridized carbons (Fsp3) is 0.417. The van der Waals surface area contributed by atoms with Crippen molar-refractivity contribution in [3.63, 3.8) is 0 Å². The SMILES string of the molecule is COc1c(C(=O)O)cc(Cl)cc1S(=O)(=O)NCCCCO. The summed E-state index contributed by atoms with van der Waals surface area (Å²) in [6, 6.07) is 2.24. The summed E-state index contributed by atoms with van der Waals surface area (Å²) in [4.78, 5) is 10.8. The molecule has 0 saturated heterocycles. The highest BCUT2D eigenvalue weighted by Gasteiger charge is 2.25. The molecule has 1 aromatic carbocycles. The molecule has 0 saturated carbocycles. The number of sulfonamides is 1. The average Bonchev–Trinajstić information content (AvgIpc) is 2.42. The first-order valence-corrected chi connectivity index (χ1v) is 7.91. The summed E-state index contributed by atoms with van der Waals surface area (Å²) in [5.74, 6) is -1.62. The summed E-state index contributed by atoms with van der Waals surface area (Å²) < 4.78 is 31.6. The second-order valence-corrected chi connectivity index (χ2v) is 6.29. The summed E-state index contributed by atoms with van der Waals surface area (Å²) in [7, 11) is -2.79. The van der Waals surface area contributed by atoms with Gasteiger partial charge in [-0.05, 0) is 25.0 Å². The lowest BCUT2D eigenvalue weighted by Gasteiger charge is -2.13. The Balaban J connectivity index is 3.19. The number of benzene rings is 1. The number of nitrogens with one attached hydrogen (secondary N) is 1. The highest BCUT2D eigenvalue weighted by molar-refractivity contribution is 7.89. The van der Waals surface area contributed by atoms with Crippen molar-refractivity contribution in [3.05, 3.63) is 22.7 Å². The molecule has 118 valence electrons. The van der Waals surface area contributed by atoms with Gasteiger partial charge in [0.15, 0.2) is 5.75 Å². The molecule has 1 rings (SSSR count). The van der Waals surface area contributed by atoms with E-state index in [0.29, 0.717) is 12.8 Å². The fourth-order valence-electron chi connectivity index (χ4n) is 1.66.